The first kappa shape index (κ1) is 28.9. The summed E-state index contributed by atoms with van der Waals surface area (Å²) in [7, 11) is 0. The van der Waals surface area contributed by atoms with Gasteiger partial charge in [-0.2, -0.15) is 0 Å². The first-order valence-electron chi connectivity index (χ1n) is 14.0. The van der Waals surface area contributed by atoms with Crippen LogP contribution in [-0.4, -0.2) is 35.4 Å². The molecule has 0 radical (unpaired) electrons. The van der Waals surface area contributed by atoms with E-state index in [0.717, 1.165) is 53.3 Å². The van der Waals surface area contributed by atoms with Crippen LogP contribution in [-0.2, 0) is 29.0 Å². The summed E-state index contributed by atoms with van der Waals surface area (Å²) < 4.78 is 6.82. The Morgan fingerprint density at radius 1 is 0.974 bits per heavy atom. The van der Waals surface area contributed by atoms with Gasteiger partial charge < -0.3 is 15.0 Å². The van der Waals surface area contributed by atoms with Crippen molar-refractivity contribution in [3.63, 3.8) is 0 Å². The van der Waals surface area contributed by atoms with Gasteiger partial charge >= 0.3 is 0 Å². The lowest BCUT2D eigenvalue weighted by Crippen LogP contribution is -2.53. The number of hydrogen-bond donors (Lipinski definition) is 1. The van der Waals surface area contributed by atoms with E-state index in [1.807, 2.05) is 79.7 Å². The van der Waals surface area contributed by atoms with E-state index in [2.05, 4.69) is 28.2 Å². The quantitative estimate of drug-likeness (QED) is 0.267. The number of carbonyl (C=O) groups excluding carboxylic acids is 2. The highest BCUT2D eigenvalue weighted by Crippen LogP contribution is 2.27. The molecule has 1 atom stereocenters. The minimum Gasteiger partial charge on any atom is -0.483 e. The van der Waals surface area contributed by atoms with Gasteiger partial charge in [0.2, 0.25) is 5.91 Å². The number of ether oxygens (including phenoxy) is 1. The number of halogens is 1. The molecule has 0 bridgehead atoms. The highest BCUT2D eigenvalue weighted by Gasteiger charge is 2.32. The van der Waals surface area contributed by atoms with Crippen LogP contribution in [0.3, 0.4) is 0 Å². The molecular weight excluding hydrogens is 552 g/mol. The molecule has 1 fully saturated rings. The second-order valence-corrected chi connectivity index (χ2v) is 11.3. The lowest BCUT2D eigenvalue weighted by molar-refractivity contribution is -0.143. The molecule has 3 aromatic carbocycles. The van der Waals surface area contributed by atoms with E-state index >= 15 is 0 Å². The van der Waals surface area contributed by atoms with E-state index in [1.165, 1.54) is 12.0 Å². The number of nitrogens with one attached hydrogen (secondary N) is 1. The Labute approximate surface area is 241 Å². The highest BCUT2D eigenvalue weighted by atomic mass is 79.9. The predicted octanol–water partition coefficient (Wildman–Crippen LogP) is 6.79. The normalized spacial score (nSPS) is 14.4. The molecule has 0 spiro atoms. The van der Waals surface area contributed by atoms with Crippen LogP contribution >= 0.6 is 15.9 Å². The van der Waals surface area contributed by atoms with Crippen LogP contribution in [0.4, 0.5) is 0 Å². The maximum atomic E-state index is 13.9. The number of hydrogen-bond acceptors (Lipinski definition) is 3. The van der Waals surface area contributed by atoms with Crippen molar-refractivity contribution >= 4 is 27.7 Å². The lowest BCUT2D eigenvalue weighted by Gasteiger charge is -2.33. The average Bonchev–Trinajstić information content (AvgIpc) is 2.96. The fourth-order valence-corrected chi connectivity index (χ4v) is 5.71. The summed E-state index contributed by atoms with van der Waals surface area (Å²) in [5, 5.41) is 3.29. The van der Waals surface area contributed by atoms with Gasteiger partial charge in [0.25, 0.3) is 5.91 Å². The Hall–Kier alpha value is -3.12. The fourth-order valence-electron chi connectivity index (χ4n) is 5.17. The average molecular weight is 592 g/mol. The van der Waals surface area contributed by atoms with Gasteiger partial charge in [-0.3, -0.25) is 9.59 Å². The summed E-state index contributed by atoms with van der Waals surface area (Å²) in [5.41, 5.74) is 4.30. The number of rotatable bonds is 11. The van der Waals surface area contributed by atoms with Gasteiger partial charge in [0.05, 0.1) is 4.47 Å². The van der Waals surface area contributed by atoms with Gasteiger partial charge in [-0.1, -0.05) is 86.8 Å². The Morgan fingerprint density at radius 3 is 2.38 bits per heavy atom. The summed E-state index contributed by atoms with van der Waals surface area (Å²) in [4.78, 5) is 29.5. The maximum absolute atomic E-state index is 13.9. The second-order valence-electron chi connectivity index (χ2n) is 10.4. The highest BCUT2D eigenvalue weighted by molar-refractivity contribution is 9.10. The molecule has 1 N–H and O–H groups in total. The van der Waals surface area contributed by atoms with Crippen LogP contribution in [0.2, 0.25) is 0 Å². The molecule has 0 aromatic heterocycles. The summed E-state index contributed by atoms with van der Waals surface area (Å²) in [6, 6.07) is 23.4. The van der Waals surface area contributed by atoms with Gasteiger partial charge in [0.1, 0.15) is 11.8 Å². The Bertz CT molecular complexity index is 1240. The van der Waals surface area contributed by atoms with E-state index < -0.39 is 6.04 Å². The first-order chi connectivity index (χ1) is 18.9. The third-order valence-electron chi connectivity index (χ3n) is 7.58. The molecule has 1 saturated carbocycles. The molecule has 6 heteroatoms. The third-order valence-corrected chi connectivity index (χ3v) is 8.20. The van der Waals surface area contributed by atoms with E-state index in [1.54, 1.807) is 4.90 Å². The number of aryl methyl sites for hydroxylation is 2. The molecule has 0 saturated heterocycles. The predicted molar refractivity (Wildman–Crippen MR) is 160 cm³/mol. The molecule has 0 unspecified atom stereocenters. The lowest BCUT2D eigenvalue weighted by atomic mass is 9.94. The monoisotopic (exact) mass is 590 g/mol. The zero-order valence-corrected chi connectivity index (χ0v) is 24.6. The van der Waals surface area contributed by atoms with Crippen molar-refractivity contribution < 1.29 is 14.3 Å². The molecule has 1 aliphatic rings. The molecule has 2 amide bonds. The number of nitrogens with zero attached hydrogens (tertiary/aromatic N) is 1. The van der Waals surface area contributed by atoms with E-state index in [4.69, 9.17) is 4.74 Å². The SMILES string of the molecule is CCc1ccc(OCC(=O)N(Cc2ccccc2C)[C@@H](Cc2ccccc2)C(=O)NC2CCCCC2)c(Br)c1. The van der Waals surface area contributed by atoms with Crippen molar-refractivity contribution in [2.45, 2.75) is 77.4 Å². The van der Waals surface area contributed by atoms with Gasteiger partial charge in [-0.25, -0.2) is 0 Å². The number of carbonyl (C=O) groups is 2. The standard InChI is InChI=1S/C33H39BrN2O3/c1-3-25-18-19-31(29(34)20-25)39-23-32(37)36(22-27-15-11-10-12-24(27)2)30(21-26-13-6-4-7-14-26)33(38)35-28-16-8-5-9-17-28/h4,6-7,10-15,18-20,28,30H,3,5,8-9,16-17,21-23H2,1-2H3,(H,35,38)/t30-/m0/s1. The van der Waals surface area contributed by atoms with Crippen LogP contribution in [0, 0.1) is 6.92 Å². The van der Waals surface area contributed by atoms with Crippen molar-refractivity contribution in [3.8, 4) is 5.75 Å². The minimum atomic E-state index is -0.657. The van der Waals surface area contributed by atoms with Crippen molar-refractivity contribution in [2.75, 3.05) is 6.61 Å². The third kappa shape index (κ3) is 8.18. The molecule has 3 aromatic rings. The summed E-state index contributed by atoms with van der Waals surface area (Å²) in [6.07, 6.45) is 6.79. The van der Waals surface area contributed by atoms with Gasteiger partial charge in [-0.05, 0) is 76.5 Å². The van der Waals surface area contributed by atoms with Gasteiger partial charge in [-0.15, -0.1) is 0 Å². The van der Waals surface area contributed by atoms with Crippen LogP contribution in [0.1, 0.15) is 61.3 Å². The largest absolute Gasteiger partial charge is 0.483 e. The summed E-state index contributed by atoms with van der Waals surface area (Å²) in [6.45, 7) is 4.31. The molecule has 5 nitrogen and oxygen atoms in total. The van der Waals surface area contributed by atoms with Gasteiger partial charge in [0.15, 0.2) is 6.61 Å². The van der Waals surface area contributed by atoms with Crippen LogP contribution in [0.15, 0.2) is 77.3 Å². The van der Waals surface area contributed by atoms with Crippen molar-refractivity contribution in [3.05, 3.63) is 99.5 Å². The fraction of sp³-hybridized carbons (Fsp3) is 0.394. The Kier molecular flexibility index (Phi) is 10.6. The maximum Gasteiger partial charge on any atom is 0.261 e. The van der Waals surface area contributed by atoms with E-state index in [9.17, 15) is 9.59 Å². The topological polar surface area (TPSA) is 58.6 Å². The molecule has 4 rings (SSSR count). The Balaban J connectivity index is 1.62. The minimum absolute atomic E-state index is 0.0961. The van der Waals surface area contributed by atoms with Crippen molar-refractivity contribution in [2.24, 2.45) is 0 Å². The number of amides is 2. The molecular formula is C33H39BrN2O3. The van der Waals surface area contributed by atoms with Gasteiger partial charge in [0, 0.05) is 19.0 Å². The molecule has 39 heavy (non-hydrogen) atoms. The summed E-state index contributed by atoms with van der Waals surface area (Å²) in [5.74, 6) is 0.299. The molecule has 0 aliphatic heterocycles. The van der Waals surface area contributed by atoms with E-state index in [0.29, 0.717) is 18.7 Å². The zero-order valence-electron chi connectivity index (χ0n) is 23.0. The van der Waals surface area contributed by atoms with Crippen molar-refractivity contribution in [1.82, 2.24) is 10.2 Å². The van der Waals surface area contributed by atoms with Crippen LogP contribution in [0.25, 0.3) is 0 Å². The van der Waals surface area contributed by atoms with Crippen LogP contribution < -0.4 is 10.1 Å². The molecule has 206 valence electrons. The summed E-state index contributed by atoms with van der Waals surface area (Å²) >= 11 is 3.58. The Morgan fingerprint density at radius 2 is 1.69 bits per heavy atom. The smallest absolute Gasteiger partial charge is 0.261 e. The first-order valence-corrected chi connectivity index (χ1v) is 14.8. The van der Waals surface area contributed by atoms with Crippen LogP contribution in [0.5, 0.6) is 5.75 Å². The molecule has 0 heterocycles. The molecule has 1 aliphatic carbocycles. The van der Waals surface area contributed by atoms with E-state index in [-0.39, 0.29) is 24.5 Å². The second kappa shape index (κ2) is 14.3. The zero-order chi connectivity index (χ0) is 27.6. The number of benzene rings is 3. The van der Waals surface area contributed by atoms with Crippen molar-refractivity contribution in [1.29, 1.82) is 0 Å².